The van der Waals surface area contributed by atoms with E-state index in [4.69, 9.17) is 0 Å². The Hall–Kier alpha value is -0.120. The fourth-order valence-corrected chi connectivity index (χ4v) is 2.91. The summed E-state index contributed by atoms with van der Waals surface area (Å²) in [7, 11) is 2.20. The normalized spacial score (nSPS) is 38.4. The Bertz CT molecular complexity index is 230. The predicted octanol–water partition coefficient (Wildman–Crippen LogP) is 0.926. The van der Waals surface area contributed by atoms with Crippen molar-refractivity contribution in [3.63, 3.8) is 0 Å². The maximum Gasteiger partial charge on any atom is 0.0695 e. The molecule has 0 aromatic heterocycles. The van der Waals surface area contributed by atoms with E-state index in [2.05, 4.69) is 30.7 Å². The van der Waals surface area contributed by atoms with Crippen LogP contribution >= 0.6 is 0 Å². The van der Waals surface area contributed by atoms with Crippen molar-refractivity contribution in [1.82, 2.24) is 9.80 Å². The highest BCUT2D eigenvalue weighted by Gasteiger charge is 2.38. The van der Waals surface area contributed by atoms with E-state index in [1.54, 1.807) is 0 Å². The number of likely N-dealkylation sites (N-methyl/N-ethyl adjacent to an activating group) is 1. The minimum absolute atomic E-state index is 0.0794. The van der Waals surface area contributed by atoms with E-state index in [0.717, 1.165) is 26.1 Å². The highest BCUT2D eigenvalue weighted by molar-refractivity contribution is 4.94. The summed E-state index contributed by atoms with van der Waals surface area (Å²) in [6.45, 7) is 7.91. The molecular formula is C12H24N2O. The summed E-state index contributed by atoms with van der Waals surface area (Å²) in [6, 6.07) is 0.429. The number of aliphatic hydroxyl groups is 1. The molecule has 3 heteroatoms. The molecule has 88 valence electrons. The molecule has 0 unspecified atom stereocenters. The van der Waals surface area contributed by atoms with Gasteiger partial charge in [-0.05, 0) is 40.2 Å². The van der Waals surface area contributed by atoms with Crippen LogP contribution in [-0.4, -0.2) is 59.3 Å². The average molecular weight is 212 g/mol. The fraction of sp³-hybridized carbons (Fsp3) is 1.00. The van der Waals surface area contributed by atoms with Gasteiger partial charge in [-0.1, -0.05) is 0 Å². The Kier molecular flexibility index (Phi) is 3.06. The highest BCUT2D eigenvalue weighted by atomic mass is 16.3. The van der Waals surface area contributed by atoms with Crippen LogP contribution in [0.2, 0.25) is 0 Å². The first kappa shape index (κ1) is 11.4. The van der Waals surface area contributed by atoms with Crippen LogP contribution < -0.4 is 0 Å². The Labute approximate surface area is 93.1 Å². The van der Waals surface area contributed by atoms with Gasteiger partial charge in [-0.2, -0.15) is 0 Å². The molecule has 1 aliphatic heterocycles. The maximum absolute atomic E-state index is 9.92. The molecule has 2 atom stereocenters. The predicted molar refractivity (Wildman–Crippen MR) is 61.9 cm³/mol. The van der Waals surface area contributed by atoms with Crippen LogP contribution in [0.1, 0.15) is 33.1 Å². The van der Waals surface area contributed by atoms with Crippen molar-refractivity contribution in [3.05, 3.63) is 0 Å². The number of rotatable bonds is 1. The quantitative estimate of drug-likeness (QED) is 0.700. The Morgan fingerprint density at radius 1 is 1.20 bits per heavy atom. The summed E-state index contributed by atoms with van der Waals surface area (Å²) in [5.74, 6) is 0. The summed E-state index contributed by atoms with van der Waals surface area (Å²) >= 11 is 0. The zero-order valence-electron chi connectivity index (χ0n) is 10.2. The second-order valence-electron chi connectivity index (χ2n) is 5.77. The summed E-state index contributed by atoms with van der Waals surface area (Å²) in [6.07, 6.45) is 3.29. The van der Waals surface area contributed by atoms with E-state index in [0.29, 0.717) is 6.04 Å². The molecule has 2 rings (SSSR count). The molecule has 0 spiro atoms. The van der Waals surface area contributed by atoms with Gasteiger partial charge in [0.15, 0.2) is 0 Å². The number of piperazine rings is 1. The molecule has 0 aromatic carbocycles. The summed E-state index contributed by atoms with van der Waals surface area (Å²) in [5.41, 5.74) is 0.251. The lowest BCUT2D eigenvalue weighted by molar-refractivity contribution is -0.0130. The number of nitrogens with zero attached hydrogens (tertiary/aromatic N) is 2. The smallest absolute Gasteiger partial charge is 0.0695 e. The second kappa shape index (κ2) is 4.04. The number of aliphatic hydroxyl groups excluding tert-OH is 1. The van der Waals surface area contributed by atoms with E-state index in [9.17, 15) is 5.11 Å². The third-order valence-corrected chi connectivity index (χ3v) is 4.26. The molecule has 1 aliphatic carbocycles. The SMILES string of the molecule is CN1CCN([C@@H]2CCC[C@H]2O)CC1(C)C. The van der Waals surface area contributed by atoms with Crippen LogP contribution in [0.3, 0.4) is 0 Å². The minimum atomic E-state index is -0.0794. The van der Waals surface area contributed by atoms with E-state index in [1.165, 1.54) is 12.8 Å². The summed E-state index contributed by atoms with van der Waals surface area (Å²) in [5, 5.41) is 9.92. The van der Waals surface area contributed by atoms with E-state index >= 15 is 0 Å². The molecule has 0 bridgehead atoms. The fourth-order valence-electron chi connectivity index (χ4n) is 2.91. The molecule has 2 fully saturated rings. The first-order valence-corrected chi connectivity index (χ1v) is 6.14. The van der Waals surface area contributed by atoms with Gasteiger partial charge in [-0.3, -0.25) is 9.80 Å². The van der Waals surface area contributed by atoms with Gasteiger partial charge >= 0.3 is 0 Å². The van der Waals surface area contributed by atoms with Crippen LogP contribution in [-0.2, 0) is 0 Å². The lowest BCUT2D eigenvalue weighted by atomic mass is 9.97. The van der Waals surface area contributed by atoms with Crippen molar-refractivity contribution in [3.8, 4) is 0 Å². The zero-order chi connectivity index (χ0) is 11.1. The Balaban J connectivity index is 2.00. The molecule has 3 nitrogen and oxygen atoms in total. The molecule has 0 radical (unpaired) electrons. The van der Waals surface area contributed by atoms with Gasteiger partial charge in [0.25, 0.3) is 0 Å². The Morgan fingerprint density at radius 2 is 1.93 bits per heavy atom. The molecule has 0 amide bonds. The molecular weight excluding hydrogens is 188 g/mol. The minimum Gasteiger partial charge on any atom is -0.391 e. The molecule has 0 aromatic rings. The monoisotopic (exact) mass is 212 g/mol. The van der Waals surface area contributed by atoms with Crippen molar-refractivity contribution >= 4 is 0 Å². The van der Waals surface area contributed by atoms with Crippen molar-refractivity contribution in [2.75, 3.05) is 26.7 Å². The zero-order valence-corrected chi connectivity index (χ0v) is 10.2. The van der Waals surface area contributed by atoms with Crippen molar-refractivity contribution in [2.45, 2.75) is 50.8 Å². The van der Waals surface area contributed by atoms with Crippen LogP contribution in [0.4, 0.5) is 0 Å². The van der Waals surface area contributed by atoms with E-state index in [-0.39, 0.29) is 11.6 Å². The molecule has 2 aliphatic rings. The van der Waals surface area contributed by atoms with E-state index in [1.807, 2.05) is 0 Å². The second-order valence-corrected chi connectivity index (χ2v) is 5.77. The van der Waals surface area contributed by atoms with Crippen LogP contribution in [0.5, 0.6) is 0 Å². The summed E-state index contributed by atoms with van der Waals surface area (Å²) < 4.78 is 0. The van der Waals surface area contributed by atoms with Gasteiger partial charge in [0, 0.05) is 31.2 Å². The highest BCUT2D eigenvalue weighted by Crippen LogP contribution is 2.28. The lowest BCUT2D eigenvalue weighted by Crippen LogP contribution is -2.60. The largest absolute Gasteiger partial charge is 0.391 e. The molecule has 15 heavy (non-hydrogen) atoms. The Morgan fingerprint density at radius 3 is 2.47 bits per heavy atom. The van der Waals surface area contributed by atoms with Gasteiger partial charge in [-0.15, -0.1) is 0 Å². The van der Waals surface area contributed by atoms with Crippen LogP contribution in [0.15, 0.2) is 0 Å². The topological polar surface area (TPSA) is 26.7 Å². The van der Waals surface area contributed by atoms with E-state index < -0.39 is 0 Å². The van der Waals surface area contributed by atoms with Crippen molar-refractivity contribution < 1.29 is 5.11 Å². The standard InChI is InChI=1S/C12H24N2O/c1-12(2)9-14(8-7-13(12)3)10-5-4-6-11(10)15/h10-11,15H,4-9H2,1-3H3/t10-,11-/m1/s1. The van der Waals surface area contributed by atoms with Crippen LogP contribution in [0, 0.1) is 0 Å². The lowest BCUT2D eigenvalue weighted by Gasteiger charge is -2.48. The van der Waals surface area contributed by atoms with Gasteiger partial charge in [0.1, 0.15) is 0 Å². The third kappa shape index (κ3) is 2.19. The average Bonchev–Trinajstić information content (AvgIpc) is 2.56. The van der Waals surface area contributed by atoms with Gasteiger partial charge in [-0.25, -0.2) is 0 Å². The van der Waals surface area contributed by atoms with Crippen molar-refractivity contribution in [1.29, 1.82) is 0 Å². The first-order valence-electron chi connectivity index (χ1n) is 6.14. The summed E-state index contributed by atoms with van der Waals surface area (Å²) in [4.78, 5) is 4.92. The number of hydrogen-bond acceptors (Lipinski definition) is 3. The third-order valence-electron chi connectivity index (χ3n) is 4.26. The van der Waals surface area contributed by atoms with Gasteiger partial charge < -0.3 is 5.11 Å². The molecule has 1 saturated heterocycles. The van der Waals surface area contributed by atoms with Crippen molar-refractivity contribution in [2.24, 2.45) is 0 Å². The van der Waals surface area contributed by atoms with Crippen LogP contribution in [0.25, 0.3) is 0 Å². The molecule has 1 saturated carbocycles. The van der Waals surface area contributed by atoms with Gasteiger partial charge in [0.2, 0.25) is 0 Å². The van der Waals surface area contributed by atoms with Gasteiger partial charge in [0.05, 0.1) is 6.10 Å². The maximum atomic E-state index is 9.92. The number of hydrogen-bond donors (Lipinski definition) is 1. The molecule has 1 N–H and O–H groups in total. The molecule has 1 heterocycles. The first-order chi connectivity index (χ1) is 7.00.